The largest absolute Gasteiger partial charge is 0.480 e. The van der Waals surface area contributed by atoms with E-state index in [4.69, 9.17) is 5.11 Å². The second-order valence-electron chi connectivity index (χ2n) is 6.48. The van der Waals surface area contributed by atoms with E-state index < -0.39 is 11.4 Å². The molecule has 0 radical (unpaired) electrons. The fraction of sp³-hybridized carbons (Fsp3) is 0.529. The van der Waals surface area contributed by atoms with Crippen molar-refractivity contribution in [3.8, 4) is 0 Å². The van der Waals surface area contributed by atoms with Gasteiger partial charge in [0.25, 0.3) is 0 Å². The summed E-state index contributed by atoms with van der Waals surface area (Å²) in [6, 6.07) is 10.1. The van der Waals surface area contributed by atoms with Gasteiger partial charge < -0.3 is 10.4 Å². The molecule has 3 atom stereocenters. The predicted octanol–water partition coefficient (Wildman–Crippen LogP) is 2.24. The number of carbonyl (C=O) groups excluding carboxylic acids is 1. The number of hydrogen-bond acceptors (Lipinski definition) is 2. The SMILES string of the molecule is O=C(O)CNC(=O)[C@@]1(Cc2ccccc2)C[C@H]2CC[C@H]1C2. The first-order chi connectivity index (χ1) is 10.1. The Kier molecular flexibility index (Phi) is 3.70. The maximum Gasteiger partial charge on any atom is 0.322 e. The first-order valence-corrected chi connectivity index (χ1v) is 7.64. The van der Waals surface area contributed by atoms with E-state index in [1.165, 1.54) is 6.42 Å². The topological polar surface area (TPSA) is 66.4 Å². The molecule has 0 saturated heterocycles. The number of amides is 1. The normalized spacial score (nSPS) is 30.3. The van der Waals surface area contributed by atoms with Crippen molar-refractivity contribution in [2.75, 3.05) is 6.54 Å². The van der Waals surface area contributed by atoms with E-state index in [1.807, 2.05) is 18.2 Å². The standard InChI is InChI=1S/C17H21NO3/c19-15(20)11-18-16(21)17(9-12-4-2-1-3-5-12)10-13-6-7-14(17)8-13/h1-5,13-14H,6-11H2,(H,18,21)(H,19,20)/t13-,14-,17-/m0/s1. The van der Waals surface area contributed by atoms with Crippen molar-refractivity contribution in [3.63, 3.8) is 0 Å². The van der Waals surface area contributed by atoms with E-state index in [2.05, 4.69) is 17.4 Å². The van der Waals surface area contributed by atoms with Crippen LogP contribution in [0, 0.1) is 17.3 Å². The van der Waals surface area contributed by atoms with Crippen molar-refractivity contribution in [2.24, 2.45) is 17.3 Å². The van der Waals surface area contributed by atoms with Gasteiger partial charge in [-0.1, -0.05) is 36.8 Å². The summed E-state index contributed by atoms with van der Waals surface area (Å²) in [6.45, 7) is -0.285. The Bertz CT molecular complexity index is 542. The fourth-order valence-corrected chi connectivity index (χ4v) is 4.31. The highest BCUT2D eigenvalue weighted by atomic mass is 16.4. The molecule has 112 valence electrons. The minimum Gasteiger partial charge on any atom is -0.480 e. The molecule has 4 nitrogen and oxygen atoms in total. The summed E-state index contributed by atoms with van der Waals surface area (Å²) >= 11 is 0. The van der Waals surface area contributed by atoms with Gasteiger partial charge in [-0.2, -0.15) is 0 Å². The Morgan fingerprint density at radius 3 is 2.57 bits per heavy atom. The van der Waals surface area contributed by atoms with Crippen molar-refractivity contribution in [2.45, 2.75) is 32.1 Å². The third-order valence-electron chi connectivity index (χ3n) is 5.19. The van der Waals surface area contributed by atoms with Crippen LogP contribution >= 0.6 is 0 Å². The molecule has 2 bridgehead atoms. The number of carbonyl (C=O) groups is 2. The van der Waals surface area contributed by atoms with Crippen LogP contribution in [-0.4, -0.2) is 23.5 Å². The summed E-state index contributed by atoms with van der Waals surface area (Å²) in [5.41, 5.74) is 0.759. The average Bonchev–Trinajstić information content (AvgIpc) is 3.07. The molecule has 21 heavy (non-hydrogen) atoms. The van der Waals surface area contributed by atoms with Crippen molar-refractivity contribution in [1.29, 1.82) is 0 Å². The highest BCUT2D eigenvalue weighted by molar-refractivity contribution is 5.87. The van der Waals surface area contributed by atoms with Crippen LogP contribution in [0.4, 0.5) is 0 Å². The Labute approximate surface area is 124 Å². The molecule has 2 fully saturated rings. The molecule has 3 rings (SSSR count). The number of nitrogens with one attached hydrogen (secondary N) is 1. The minimum atomic E-state index is -0.985. The zero-order valence-electron chi connectivity index (χ0n) is 12.0. The zero-order chi connectivity index (χ0) is 14.9. The van der Waals surface area contributed by atoms with Crippen LogP contribution < -0.4 is 5.32 Å². The molecular formula is C17H21NO3. The molecule has 0 aromatic heterocycles. The van der Waals surface area contributed by atoms with Crippen molar-refractivity contribution in [1.82, 2.24) is 5.32 Å². The minimum absolute atomic E-state index is 0.0686. The molecule has 2 saturated carbocycles. The molecule has 0 spiro atoms. The molecule has 0 aliphatic heterocycles. The number of carboxylic acids is 1. The van der Waals surface area contributed by atoms with Gasteiger partial charge in [0, 0.05) is 0 Å². The Morgan fingerprint density at radius 2 is 2.00 bits per heavy atom. The highest BCUT2D eigenvalue weighted by Crippen LogP contribution is 2.57. The zero-order valence-corrected chi connectivity index (χ0v) is 12.0. The monoisotopic (exact) mass is 287 g/mol. The van der Waals surface area contributed by atoms with Crippen LogP contribution in [0.2, 0.25) is 0 Å². The molecule has 4 heteroatoms. The lowest BCUT2D eigenvalue weighted by atomic mass is 9.68. The second-order valence-corrected chi connectivity index (χ2v) is 6.48. The van der Waals surface area contributed by atoms with Crippen LogP contribution in [0.25, 0.3) is 0 Å². The van der Waals surface area contributed by atoms with Gasteiger partial charge in [0.05, 0.1) is 5.41 Å². The summed E-state index contributed by atoms with van der Waals surface area (Å²) in [5, 5.41) is 11.4. The van der Waals surface area contributed by atoms with E-state index in [0.29, 0.717) is 11.8 Å². The quantitative estimate of drug-likeness (QED) is 0.872. The number of benzene rings is 1. The third-order valence-corrected chi connectivity index (χ3v) is 5.19. The molecule has 1 aromatic rings. The summed E-state index contributed by atoms with van der Waals surface area (Å²) in [5.74, 6) is -0.0203. The third kappa shape index (κ3) is 2.67. The molecule has 2 aliphatic carbocycles. The molecular weight excluding hydrogens is 266 g/mol. The Balaban J connectivity index is 1.82. The highest BCUT2D eigenvalue weighted by Gasteiger charge is 2.55. The Morgan fingerprint density at radius 1 is 1.24 bits per heavy atom. The number of aliphatic carboxylic acids is 1. The molecule has 0 heterocycles. The lowest BCUT2D eigenvalue weighted by Crippen LogP contribution is -2.47. The van der Waals surface area contributed by atoms with Crippen molar-refractivity contribution < 1.29 is 14.7 Å². The molecule has 0 unspecified atom stereocenters. The number of carboxylic acid groups (broad SMARTS) is 1. The van der Waals surface area contributed by atoms with E-state index >= 15 is 0 Å². The maximum atomic E-state index is 12.7. The smallest absolute Gasteiger partial charge is 0.322 e. The van der Waals surface area contributed by atoms with Gasteiger partial charge in [-0.25, -0.2) is 0 Å². The van der Waals surface area contributed by atoms with Crippen LogP contribution in [-0.2, 0) is 16.0 Å². The van der Waals surface area contributed by atoms with E-state index in [1.54, 1.807) is 0 Å². The fourth-order valence-electron chi connectivity index (χ4n) is 4.31. The summed E-state index contributed by atoms with van der Waals surface area (Å²) in [7, 11) is 0. The first-order valence-electron chi connectivity index (χ1n) is 7.64. The van der Waals surface area contributed by atoms with Gasteiger partial charge in [0.1, 0.15) is 6.54 Å². The van der Waals surface area contributed by atoms with Crippen LogP contribution in [0.5, 0.6) is 0 Å². The first kappa shape index (κ1) is 14.1. The van der Waals surface area contributed by atoms with Gasteiger partial charge in [-0.3, -0.25) is 9.59 Å². The number of rotatable bonds is 5. The average molecular weight is 287 g/mol. The van der Waals surface area contributed by atoms with Gasteiger partial charge in [-0.15, -0.1) is 0 Å². The van der Waals surface area contributed by atoms with Crippen LogP contribution in [0.3, 0.4) is 0 Å². The van der Waals surface area contributed by atoms with E-state index in [0.717, 1.165) is 31.2 Å². The van der Waals surface area contributed by atoms with E-state index in [-0.39, 0.29) is 12.5 Å². The van der Waals surface area contributed by atoms with E-state index in [9.17, 15) is 9.59 Å². The summed E-state index contributed by atoms with van der Waals surface area (Å²) < 4.78 is 0. The van der Waals surface area contributed by atoms with Crippen LogP contribution in [0.1, 0.15) is 31.2 Å². The van der Waals surface area contributed by atoms with Gasteiger partial charge in [0.15, 0.2) is 0 Å². The lowest BCUT2D eigenvalue weighted by Gasteiger charge is -2.36. The molecule has 1 amide bonds. The number of fused-ring (bicyclic) bond motifs is 2. The number of hydrogen-bond donors (Lipinski definition) is 2. The molecule has 2 aliphatic rings. The van der Waals surface area contributed by atoms with Crippen molar-refractivity contribution >= 4 is 11.9 Å². The molecule has 2 N–H and O–H groups in total. The van der Waals surface area contributed by atoms with Gasteiger partial charge >= 0.3 is 5.97 Å². The van der Waals surface area contributed by atoms with Crippen molar-refractivity contribution in [3.05, 3.63) is 35.9 Å². The van der Waals surface area contributed by atoms with Gasteiger partial charge in [0.2, 0.25) is 5.91 Å². The van der Waals surface area contributed by atoms with Crippen LogP contribution in [0.15, 0.2) is 30.3 Å². The predicted molar refractivity (Wildman–Crippen MR) is 78.7 cm³/mol. The summed E-state index contributed by atoms with van der Waals surface area (Å²) in [6.07, 6.45) is 5.05. The summed E-state index contributed by atoms with van der Waals surface area (Å²) in [4.78, 5) is 23.4. The Hall–Kier alpha value is -1.84. The lowest BCUT2D eigenvalue weighted by molar-refractivity contribution is -0.141. The van der Waals surface area contributed by atoms with Gasteiger partial charge in [-0.05, 0) is 43.1 Å². The maximum absolute atomic E-state index is 12.7. The second kappa shape index (κ2) is 5.51. The molecule has 1 aromatic carbocycles.